The van der Waals surface area contributed by atoms with E-state index < -0.39 is 0 Å². The number of pyridine rings is 1. The van der Waals surface area contributed by atoms with Crippen molar-refractivity contribution in [2.45, 2.75) is 46.6 Å². The normalized spacial score (nSPS) is 15.5. The number of nitrogens with one attached hydrogen (secondary N) is 1. The lowest BCUT2D eigenvalue weighted by Crippen LogP contribution is -2.22. The van der Waals surface area contributed by atoms with Crippen LogP contribution in [0.5, 0.6) is 0 Å². The summed E-state index contributed by atoms with van der Waals surface area (Å²) >= 11 is 0. The van der Waals surface area contributed by atoms with E-state index >= 15 is 0 Å². The lowest BCUT2D eigenvalue weighted by Gasteiger charge is -2.11. The lowest BCUT2D eigenvalue weighted by molar-refractivity contribution is -0.124. The Kier molecular flexibility index (Phi) is 6.26. The zero-order valence-corrected chi connectivity index (χ0v) is 18.1. The lowest BCUT2D eigenvalue weighted by atomic mass is 10.0. The smallest absolute Gasteiger partial charge is 0.274 e. The van der Waals surface area contributed by atoms with E-state index in [0.717, 1.165) is 41.1 Å². The Morgan fingerprint density at radius 3 is 2.69 bits per heavy atom. The minimum Gasteiger partial charge on any atom is -0.354 e. The van der Waals surface area contributed by atoms with Gasteiger partial charge in [-0.1, -0.05) is 37.1 Å². The molecule has 0 radical (unpaired) electrons. The van der Waals surface area contributed by atoms with Gasteiger partial charge in [0.15, 0.2) is 0 Å². The molecule has 0 atom stereocenters. The van der Waals surface area contributed by atoms with Gasteiger partial charge >= 0.3 is 0 Å². The first kappa shape index (κ1) is 20.9. The number of aryl methyl sites for hydroxylation is 2. The van der Waals surface area contributed by atoms with Crippen molar-refractivity contribution in [1.82, 2.24) is 14.5 Å². The van der Waals surface area contributed by atoms with E-state index in [2.05, 4.69) is 4.98 Å². The van der Waals surface area contributed by atoms with Crippen LogP contribution in [-0.2, 0) is 11.3 Å². The SMILES string of the molecule is C\C=C(/C=C\C=C(/C)C(=O)N(C)C)c1cn(CCC2CC2)c(=O)c2[nH]c(C)cc12. The molecular weight excluding hydrogens is 362 g/mol. The Labute approximate surface area is 172 Å². The highest BCUT2D eigenvalue weighted by Crippen LogP contribution is 2.33. The average molecular weight is 394 g/mol. The van der Waals surface area contributed by atoms with Crippen molar-refractivity contribution in [2.75, 3.05) is 14.1 Å². The molecule has 2 aromatic rings. The summed E-state index contributed by atoms with van der Waals surface area (Å²) in [6.07, 6.45) is 13.4. The number of fused-ring (bicyclic) bond motifs is 1. The van der Waals surface area contributed by atoms with E-state index in [0.29, 0.717) is 11.1 Å². The molecule has 2 aromatic heterocycles. The van der Waals surface area contributed by atoms with Gasteiger partial charge in [-0.3, -0.25) is 9.59 Å². The summed E-state index contributed by atoms with van der Waals surface area (Å²) in [6.45, 7) is 6.53. The molecule has 0 aromatic carbocycles. The predicted octanol–water partition coefficient (Wildman–Crippen LogP) is 4.43. The molecule has 154 valence electrons. The van der Waals surface area contributed by atoms with Crippen LogP contribution >= 0.6 is 0 Å². The molecule has 1 fully saturated rings. The molecule has 2 heterocycles. The van der Waals surface area contributed by atoms with E-state index in [-0.39, 0.29) is 11.5 Å². The van der Waals surface area contributed by atoms with Gasteiger partial charge in [-0.05, 0) is 44.7 Å². The van der Waals surface area contributed by atoms with Crippen molar-refractivity contribution in [3.8, 4) is 0 Å². The van der Waals surface area contributed by atoms with Crippen molar-refractivity contribution >= 4 is 22.4 Å². The summed E-state index contributed by atoms with van der Waals surface area (Å²) in [5, 5.41) is 0.943. The molecule has 1 aliphatic rings. The minimum absolute atomic E-state index is 0.00560. The second-order valence-electron chi connectivity index (χ2n) is 8.17. The fraction of sp³-hybridized carbons (Fsp3) is 0.417. The van der Waals surface area contributed by atoms with Crippen molar-refractivity contribution in [2.24, 2.45) is 5.92 Å². The monoisotopic (exact) mass is 393 g/mol. The summed E-state index contributed by atoms with van der Waals surface area (Å²) in [5.74, 6) is 0.767. The number of aromatic amines is 1. The summed E-state index contributed by atoms with van der Waals surface area (Å²) in [7, 11) is 3.49. The molecule has 1 aliphatic carbocycles. The fourth-order valence-electron chi connectivity index (χ4n) is 3.58. The Bertz CT molecular complexity index is 1060. The number of nitrogens with zero attached hydrogens (tertiary/aromatic N) is 2. The first-order valence-electron chi connectivity index (χ1n) is 10.3. The predicted molar refractivity (Wildman–Crippen MR) is 120 cm³/mol. The maximum atomic E-state index is 12.9. The highest BCUT2D eigenvalue weighted by Gasteiger charge is 2.21. The van der Waals surface area contributed by atoms with Crippen LogP contribution in [0, 0.1) is 12.8 Å². The molecule has 1 N–H and O–H groups in total. The van der Waals surface area contributed by atoms with E-state index in [4.69, 9.17) is 0 Å². The third kappa shape index (κ3) is 4.78. The number of hydrogen-bond acceptors (Lipinski definition) is 2. The van der Waals surface area contributed by atoms with Gasteiger partial charge in [0.2, 0.25) is 5.91 Å². The number of amides is 1. The highest BCUT2D eigenvalue weighted by molar-refractivity contribution is 5.95. The van der Waals surface area contributed by atoms with Crippen LogP contribution in [-0.4, -0.2) is 34.5 Å². The third-order valence-electron chi connectivity index (χ3n) is 5.46. The summed E-state index contributed by atoms with van der Waals surface area (Å²) in [4.78, 5) is 29.8. The molecule has 1 saturated carbocycles. The van der Waals surface area contributed by atoms with Gasteiger partial charge in [-0.25, -0.2) is 0 Å². The molecule has 0 spiro atoms. The molecule has 0 aliphatic heterocycles. The van der Waals surface area contributed by atoms with Crippen LogP contribution < -0.4 is 5.56 Å². The summed E-state index contributed by atoms with van der Waals surface area (Å²) < 4.78 is 1.85. The maximum Gasteiger partial charge on any atom is 0.274 e. The Balaban J connectivity index is 1.98. The topological polar surface area (TPSA) is 58.1 Å². The largest absolute Gasteiger partial charge is 0.354 e. The number of hydrogen-bond donors (Lipinski definition) is 1. The van der Waals surface area contributed by atoms with Crippen LogP contribution in [0.4, 0.5) is 0 Å². The Hall–Kier alpha value is -2.82. The molecule has 1 amide bonds. The number of H-pyrrole nitrogens is 1. The number of likely N-dealkylation sites (N-methyl/N-ethyl adjacent to an activating group) is 1. The second kappa shape index (κ2) is 8.68. The molecule has 29 heavy (non-hydrogen) atoms. The van der Waals surface area contributed by atoms with Gasteiger partial charge in [0.1, 0.15) is 5.52 Å². The summed E-state index contributed by atoms with van der Waals surface area (Å²) in [6, 6.07) is 2.03. The second-order valence-corrected chi connectivity index (χ2v) is 8.17. The van der Waals surface area contributed by atoms with Crippen LogP contribution in [0.3, 0.4) is 0 Å². The molecule has 0 saturated heterocycles. The van der Waals surface area contributed by atoms with E-state index in [1.807, 2.05) is 61.9 Å². The molecule has 3 rings (SSSR count). The van der Waals surface area contributed by atoms with Crippen molar-refractivity contribution in [1.29, 1.82) is 0 Å². The highest BCUT2D eigenvalue weighted by atomic mass is 16.2. The van der Waals surface area contributed by atoms with Crippen molar-refractivity contribution in [3.63, 3.8) is 0 Å². The Morgan fingerprint density at radius 1 is 1.34 bits per heavy atom. The molecule has 0 unspecified atom stereocenters. The first-order chi connectivity index (χ1) is 13.8. The van der Waals surface area contributed by atoms with Crippen molar-refractivity contribution < 1.29 is 4.79 Å². The number of aromatic nitrogens is 2. The maximum absolute atomic E-state index is 12.9. The van der Waals surface area contributed by atoms with Gasteiger partial charge in [0, 0.05) is 49.1 Å². The first-order valence-corrected chi connectivity index (χ1v) is 10.3. The van der Waals surface area contributed by atoms with Crippen LogP contribution in [0.15, 0.2) is 46.9 Å². The molecular formula is C24H31N3O2. The van der Waals surface area contributed by atoms with Crippen LogP contribution in [0.2, 0.25) is 0 Å². The summed E-state index contributed by atoms with van der Waals surface area (Å²) in [5.41, 5.74) is 4.42. The minimum atomic E-state index is -0.00560. The molecule has 5 nitrogen and oxygen atoms in total. The standard InChI is InChI=1S/C24H31N3O2/c1-6-19(9-7-8-16(2)23(28)26(4)5)21-15-27(13-12-18-10-11-18)24(29)22-20(21)14-17(3)25-22/h6-9,14-15,18,25H,10-13H2,1-5H3/b9-7-,16-8+,19-6+. The van der Waals surface area contributed by atoms with E-state index in [9.17, 15) is 9.59 Å². The van der Waals surface area contributed by atoms with E-state index in [1.165, 1.54) is 12.8 Å². The number of carbonyl (C=O) groups is 1. The van der Waals surface area contributed by atoms with Crippen LogP contribution in [0.1, 0.15) is 44.4 Å². The van der Waals surface area contributed by atoms with Gasteiger partial charge < -0.3 is 14.5 Å². The van der Waals surface area contributed by atoms with Gasteiger partial charge in [0.05, 0.1) is 0 Å². The number of allylic oxidation sites excluding steroid dienone is 5. The quantitative estimate of drug-likeness (QED) is 0.559. The Morgan fingerprint density at radius 2 is 2.07 bits per heavy atom. The van der Waals surface area contributed by atoms with Gasteiger partial charge in [0.25, 0.3) is 5.56 Å². The molecule has 5 heteroatoms. The molecule has 0 bridgehead atoms. The third-order valence-corrected chi connectivity index (χ3v) is 5.46. The van der Waals surface area contributed by atoms with E-state index in [1.54, 1.807) is 19.0 Å². The average Bonchev–Trinajstić information content (AvgIpc) is 3.43. The van der Waals surface area contributed by atoms with Gasteiger partial charge in [-0.15, -0.1) is 0 Å². The van der Waals surface area contributed by atoms with Gasteiger partial charge in [-0.2, -0.15) is 0 Å². The van der Waals surface area contributed by atoms with Crippen molar-refractivity contribution in [3.05, 3.63) is 63.8 Å². The zero-order valence-electron chi connectivity index (χ0n) is 18.1. The number of rotatable bonds is 7. The zero-order chi connectivity index (χ0) is 21.1. The number of carbonyl (C=O) groups excluding carboxylic acids is 1. The van der Waals surface area contributed by atoms with Crippen LogP contribution in [0.25, 0.3) is 16.5 Å². The fourth-order valence-corrected chi connectivity index (χ4v) is 3.58.